The highest BCUT2D eigenvalue weighted by atomic mass is 127. The molecule has 0 aromatic carbocycles. The fourth-order valence-electron chi connectivity index (χ4n) is 2.35. The van der Waals surface area contributed by atoms with Crippen molar-refractivity contribution in [1.29, 1.82) is 0 Å². The maximum atomic E-state index is 10.9. The number of sulfonamides is 1. The van der Waals surface area contributed by atoms with Crippen LogP contribution in [0.3, 0.4) is 0 Å². The average molecular weight is 448 g/mol. The molecule has 0 amide bonds. The fourth-order valence-corrected chi connectivity index (χ4v) is 2.86. The van der Waals surface area contributed by atoms with Gasteiger partial charge in [0.2, 0.25) is 10.0 Å². The number of rotatable bonds is 7. The molecule has 0 bridgehead atoms. The summed E-state index contributed by atoms with van der Waals surface area (Å²) in [5, 5.41) is 3.27. The number of guanidine groups is 1. The Kier molecular flexibility index (Phi) is 11.3. The molecule has 0 unspecified atom stereocenters. The summed E-state index contributed by atoms with van der Waals surface area (Å²) in [5.74, 6) is 0.879. The molecule has 0 aromatic rings. The van der Waals surface area contributed by atoms with Gasteiger partial charge in [-0.3, -0.25) is 4.99 Å². The van der Waals surface area contributed by atoms with Crippen molar-refractivity contribution >= 4 is 40.0 Å². The Labute approximate surface area is 151 Å². The van der Waals surface area contributed by atoms with Crippen LogP contribution >= 0.6 is 24.0 Å². The van der Waals surface area contributed by atoms with Crippen LogP contribution in [0.1, 0.15) is 26.2 Å². The van der Waals surface area contributed by atoms with E-state index in [1.165, 1.54) is 6.26 Å². The summed E-state index contributed by atoms with van der Waals surface area (Å²) < 4.78 is 30.0. The number of nitrogens with one attached hydrogen (secondary N) is 2. The van der Waals surface area contributed by atoms with Crippen molar-refractivity contribution < 1.29 is 13.2 Å². The van der Waals surface area contributed by atoms with Crippen molar-refractivity contribution in [2.24, 2.45) is 4.99 Å². The molecule has 22 heavy (non-hydrogen) atoms. The molecular weight excluding hydrogens is 419 g/mol. The molecular formula is C13H29IN4O3S. The Morgan fingerprint density at radius 1 is 1.32 bits per heavy atom. The third-order valence-corrected chi connectivity index (χ3v) is 4.09. The van der Waals surface area contributed by atoms with Crippen molar-refractivity contribution in [2.45, 2.75) is 32.3 Å². The van der Waals surface area contributed by atoms with Crippen LogP contribution in [0.4, 0.5) is 0 Å². The number of halogens is 1. The van der Waals surface area contributed by atoms with Crippen LogP contribution in [0.5, 0.6) is 0 Å². The molecule has 1 aliphatic rings. The van der Waals surface area contributed by atoms with E-state index in [9.17, 15) is 8.42 Å². The molecule has 0 radical (unpaired) electrons. The second-order valence-corrected chi connectivity index (χ2v) is 6.97. The van der Waals surface area contributed by atoms with Crippen LogP contribution in [0.2, 0.25) is 0 Å². The monoisotopic (exact) mass is 448 g/mol. The third-order valence-electron chi connectivity index (χ3n) is 3.36. The molecule has 2 N–H and O–H groups in total. The zero-order valence-corrected chi connectivity index (χ0v) is 16.8. The predicted molar refractivity (Wildman–Crippen MR) is 100 cm³/mol. The number of aliphatic imine (C=N–C) groups is 1. The standard InChI is InChI=1S/C13H28N4O3S.HI/c1-4-20-12-6-10-17(11-7-12)13(14-2)15-8-5-9-16-21(3,18)19;/h12,16H,4-11H2,1-3H3,(H,14,15);1H. The van der Waals surface area contributed by atoms with E-state index in [0.717, 1.165) is 44.9 Å². The minimum Gasteiger partial charge on any atom is -0.378 e. The maximum absolute atomic E-state index is 10.9. The van der Waals surface area contributed by atoms with Crippen molar-refractivity contribution in [2.75, 3.05) is 46.1 Å². The molecule has 0 saturated carbocycles. The zero-order chi connectivity index (χ0) is 15.7. The molecule has 1 fully saturated rings. The first kappa shape index (κ1) is 21.9. The van der Waals surface area contributed by atoms with Crippen LogP contribution in [0.25, 0.3) is 0 Å². The Morgan fingerprint density at radius 3 is 2.45 bits per heavy atom. The largest absolute Gasteiger partial charge is 0.378 e. The summed E-state index contributed by atoms with van der Waals surface area (Å²) in [4.78, 5) is 6.50. The van der Waals surface area contributed by atoms with Gasteiger partial charge in [-0.15, -0.1) is 24.0 Å². The second-order valence-electron chi connectivity index (χ2n) is 5.14. The van der Waals surface area contributed by atoms with Crippen LogP contribution in [-0.2, 0) is 14.8 Å². The Balaban J connectivity index is 0.00000441. The minimum absolute atomic E-state index is 0. The average Bonchev–Trinajstić information content (AvgIpc) is 2.43. The molecule has 0 aliphatic carbocycles. The van der Waals surface area contributed by atoms with Crippen molar-refractivity contribution in [3.8, 4) is 0 Å². The molecule has 1 aliphatic heterocycles. The highest BCUT2D eigenvalue weighted by molar-refractivity contribution is 14.0. The van der Waals surface area contributed by atoms with Gasteiger partial charge in [-0.1, -0.05) is 0 Å². The molecule has 9 heteroatoms. The van der Waals surface area contributed by atoms with Crippen LogP contribution in [-0.4, -0.2) is 71.5 Å². The van der Waals surface area contributed by atoms with E-state index in [-0.39, 0.29) is 24.0 Å². The third kappa shape index (κ3) is 9.11. The van der Waals surface area contributed by atoms with Gasteiger partial charge in [0.25, 0.3) is 0 Å². The minimum atomic E-state index is -3.09. The molecule has 1 heterocycles. The number of nitrogens with zero attached hydrogens (tertiary/aromatic N) is 2. The first-order chi connectivity index (χ1) is 9.96. The lowest BCUT2D eigenvalue weighted by Gasteiger charge is -2.34. The van der Waals surface area contributed by atoms with Gasteiger partial charge in [-0.25, -0.2) is 13.1 Å². The van der Waals surface area contributed by atoms with Crippen molar-refractivity contribution in [3.63, 3.8) is 0 Å². The van der Waals surface area contributed by atoms with Gasteiger partial charge in [-0.05, 0) is 26.2 Å². The molecule has 7 nitrogen and oxygen atoms in total. The van der Waals surface area contributed by atoms with Crippen LogP contribution in [0.15, 0.2) is 4.99 Å². The van der Waals surface area contributed by atoms with E-state index in [4.69, 9.17) is 4.74 Å². The van der Waals surface area contributed by atoms with Crippen molar-refractivity contribution in [3.05, 3.63) is 0 Å². The fraction of sp³-hybridized carbons (Fsp3) is 0.923. The molecule has 0 aromatic heterocycles. The summed E-state index contributed by atoms with van der Waals surface area (Å²) >= 11 is 0. The van der Waals surface area contributed by atoms with Gasteiger partial charge in [0.1, 0.15) is 0 Å². The van der Waals surface area contributed by atoms with Crippen LogP contribution < -0.4 is 10.0 Å². The second kappa shape index (κ2) is 11.4. The van der Waals surface area contributed by atoms with Crippen LogP contribution in [0, 0.1) is 0 Å². The molecule has 0 spiro atoms. The van der Waals surface area contributed by atoms with Gasteiger partial charge in [-0.2, -0.15) is 0 Å². The maximum Gasteiger partial charge on any atom is 0.208 e. The smallest absolute Gasteiger partial charge is 0.208 e. The van der Waals surface area contributed by atoms with Gasteiger partial charge < -0.3 is 15.0 Å². The summed E-state index contributed by atoms with van der Waals surface area (Å²) in [6.07, 6.45) is 4.29. The van der Waals surface area contributed by atoms with E-state index in [0.29, 0.717) is 19.2 Å². The van der Waals surface area contributed by atoms with E-state index < -0.39 is 10.0 Å². The number of likely N-dealkylation sites (tertiary alicyclic amines) is 1. The summed E-state index contributed by atoms with van der Waals surface area (Å²) in [6.45, 7) is 5.80. The van der Waals surface area contributed by atoms with Crippen molar-refractivity contribution in [1.82, 2.24) is 14.9 Å². The Hall–Kier alpha value is -0.130. The summed E-state index contributed by atoms with van der Waals surface area (Å²) in [6, 6.07) is 0. The first-order valence-electron chi connectivity index (χ1n) is 7.48. The lowest BCUT2D eigenvalue weighted by molar-refractivity contribution is 0.0264. The quantitative estimate of drug-likeness (QED) is 0.258. The molecule has 132 valence electrons. The zero-order valence-electron chi connectivity index (χ0n) is 13.7. The van der Waals surface area contributed by atoms with Gasteiger partial charge in [0.05, 0.1) is 12.4 Å². The Bertz CT molecular complexity index is 423. The predicted octanol–water partition coefficient (Wildman–Crippen LogP) is 0.620. The molecule has 0 atom stereocenters. The lowest BCUT2D eigenvalue weighted by atomic mass is 10.1. The summed E-state index contributed by atoms with van der Waals surface area (Å²) in [5.41, 5.74) is 0. The van der Waals surface area contributed by atoms with Gasteiger partial charge in [0.15, 0.2) is 5.96 Å². The number of piperidine rings is 1. The SMILES string of the molecule is CCOC1CCN(C(=NC)NCCCNS(C)(=O)=O)CC1.I. The number of hydrogen-bond donors (Lipinski definition) is 2. The topological polar surface area (TPSA) is 83.0 Å². The van der Waals surface area contributed by atoms with E-state index >= 15 is 0 Å². The molecule has 1 rings (SSSR count). The first-order valence-corrected chi connectivity index (χ1v) is 9.37. The van der Waals surface area contributed by atoms with E-state index in [1.807, 2.05) is 6.92 Å². The lowest BCUT2D eigenvalue weighted by Crippen LogP contribution is -2.47. The number of hydrogen-bond acceptors (Lipinski definition) is 4. The van der Waals surface area contributed by atoms with Gasteiger partial charge >= 0.3 is 0 Å². The normalized spacial score (nSPS) is 17.2. The van der Waals surface area contributed by atoms with E-state index in [1.54, 1.807) is 7.05 Å². The highest BCUT2D eigenvalue weighted by Crippen LogP contribution is 2.13. The number of ether oxygens (including phenoxy) is 1. The summed E-state index contributed by atoms with van der Waals surface area (Å²) in [7, 11) is -1.33. The van der Waals surface area contributed by atoms with E-state index in [2.05, 4.69) is 19.9 Å². The molecule has 1 saturated heterocycles. The van der Waals surface area contributed by atoms with Gasteiger partial charge in [0, 0.05) is 39.8 Å². The Morgan fingerprint density at radius 2 is 1.95 bits per heavy atom. The highest BCUT2D eigenvalue weighted by Gasteiger charge is 2.21.